The Labute approximate surface area is 176 Å². The molecule has 0 radical (unpaired) electrons. The van der Waals surface area contributed by atoms with Gasteiger partial charge in [0.05, 0.1) is 4.90 Å². The van der Waals surface area contributed by atoms with Crippen molar-refractivity contribution in [2.24, 2.45) is 0 Å². The first-order valence-electron chi connectivity index (χ1n) is 8.71. The summed E-state index contributed by atoms with van der Waals surface area (Å²) in [6.45, 7) is -0.257. The van der Waals surface area contributed by atoms with Gasteiger partial charge in [-0.3, -0.25) is 10.0 Å². The van der Waals surface area contributed by atoms with Gasteiger partial charge >= 0.3 is 6.36 Å². The Morgan fingerprint density at radius 3 is 2.47 bits per heavy atom. The molecule has 0 bridgehead atoms. The van der Waals surface area contributed by atoms with Crippen LogP contribution < -0.4 is 10.2 Å². The molecular weight excluding hydrogens is 445 g/mol. The smallest absolute Gasteiger partial charge is 0.406 e. The monoisotopic (exact) mass is 464 g/mol. The van der Waals surface area contributed by atoms with E-state index in [1.54, 1.807) is 6.08 Å². The highest BCUT2D eigenvalue weighted by Gasteiger charge is 2.31. The molecule has 0 aromatic heterocycles. The summed E-state index contributed by atoms with van der Waals surface area (Å²) in [6.07, 6.45) is 1.11. The van der Waals surface area contributed by atoms with Crippen molar-refractivity contribution in [2.75, 3.05) is 13.1 Å². The standard InChI is InChI=1S/C18H19F3N2O5S2/c19-18(20,21)28-14-5-7-15(8-6-14)30(26,27)23(12-10-17(24)22-25)11-9-13-3-1-2-4-16(13)29/h1-3,5-8,25H,4,9-12H2,(H,22,24). The lowest BCUT2D eigenvalue weighted by molar-refractivity contribution is -0.274. The number of nitrogens with zero attached hydrogens (tertiary/aromatic N) is 1. The van der Waals surface area contributed by atoms with E-state index in [0.717, 1.165) is 34.1 Å². The van der Waals surface area contributed by atoms with Gasteiger partial charge in [0.1, 0.15) is 5.75 Å². The van der Waals surface area contributed by atoms with Crippen LogP contribution in [0.25, 0.3) is 0 Å². The van der Waals surface area contributed by atoms with Crippen LogP contribution in [0.1, 0.15) is 19.3 Å². The normalized spacial score (nSPS) is 14.6. The molecule has 12 heteroatoms. The Balaban J connectivity index is 2.21. The van der Waals surface area contributed by atoms with Gasteiger partial charge in [0, 0.05) is 30.8 Å². The number of ether oxygens (including phenoxy) is 1. The number of alkyl halides is 3. The molecule has 1 aliphatic rings. The number of thiocarbonyl (C=S) groups is 1. The van der Waals surface area contributed by atoms with Gasteiger partial charge in [-0.25, -0.2) is 13.9 Å². The number of nitrogens with one attached hydrogen (secondary N) is 1. The van der Waals surface area contributed by atoms with Crippen LogP contribution in [0.5, 0.6) is 5.75 Å². The fourth-order valence-corrected chi connectivity index (χ4v) is 4.36. The summed E-state index contributed by atoms with van der Waals surface area (Å²) in [4.78, 5) is 11.8. The summed E-state index contributed by atoms with van der Waals surface area (Å²) in [7, 11) is -4.14. The van der Waals surface area contributed by atoms with E-state index in [1.165, 1.54) is 5.48 Å². The second-order valence-corrected chi connectivity index (χ2v) is 8.64. The number of benzene rings is 1. The van der Waals surface area contributed by atoms with Crippen molar-refractivity contribution in [3.63, 3.8) is 0 Å². The minimum absolute atomic E-state index is 0.0122. The molecule has 1 aromatic rings. The SMILES string of the molecule is O=C(CCN(CCC1=CC=CCC1=S)S(=O)(=O)c1ccc(OC(F)(F)F)cc1)NO. The maximum absolute atomic E-state index is 13.0. The predicted octanol–water partition coefficient (Wildman–Crippen LogP) is 3.12. The summed E-state index contributed by atoms with van der Waals surface area (Å²) < 4.78 is 67.6. The number of carbonyl (C=O) groups is 1. The third-order valence-corrected chi connectivity index (χ3v) is 6.48. The van der Waals surface area contributed by atoms with E-state index >= 15 is 0 Å². The van der Waals surface area contributed by atoms with Gasteiger partial charge in [-0.05, 0) is 36.3 Å². The molecule has 0 heterocycles. The lowest BCUT2D eigenvalue weighted by Gasteiger charge is -2.23. The number of allylic oxidation sites excluding steroid dienone is 3. The van der Waals surface area contributed by atoms with E-state index in [4.69, 9.17) is 17.4 Å². The zero-order valence-electron chi connectivity index (χ0n) is 15.6. The number of rotatable bonds is 9. The molecule has 0 aliphatic heterocycles. The van der Waals surface area contributed by atoms with Crippen LogP contribution in [0.2, 0.25) is 0 Å². The van der Waals surface area contributed by atoms with E-state index in [2.05, 4.69) is 4.74 Å². The van der Waals surface area contributed by atoms with Gasteiger partial charge in [-0.2, -0.15) is 4.31 Å². The first kappa shape index (κ1) is 24.0. The highest BCUT2D eigenvalue weighted by atomic mass is 32.2. The first-order valence-corrected chi connectivity index (χ1v) is 10.6. The van der Waals surface area contributed by atoms with Gasteiger partial charge in [0.25, 0.3) is 0 Å². The molecule has 7 nitrogen and oxygen atoms in total. The number of hydrogen-bond donors (Lipinski definition) is 2. The Hall–Kier alpha value is -2.28. The molecule has 2 N–H and O–H groups in total. The molecule has 1 amide bonds. The minimum Gasteiger partial charge on any atom is -0.406 e. The van der Waals surface area contributed by atoms with Crippen molar-refractivity contribution in [1.82, 2.24) is 9.79 Å². The van der Waals surface area contributed by atoms with Crippen molar-refractivity contribution in [3.8, 4) is 5.75 Å². The molecular formula is C18H19F3N2O5S2. The van der Waals surface area contributed by atoms with Crippen molar-refractivity contribution < 1.29 is 36.3 Å². The van der Waals surface area contributed by atoms with Gasteiger partial charge in [-0.15, -0.1) is 13.2 Å². The average Bonchev–Trinajstić information content (AvgIpc) is 2.68. The zero-order chi connectivity index (χ0) is 22.4. The molecule has 0 saturated carbocycles. The van der Waals surface area contributed by atoms with Gasteiger partial charge in [0.15, 0.2) is 0 Å². The molecule has 0 unspecified atom stereocenters. The second-order valence-electron chi connectivity index (χ2n) is 6.21. The fourth-order valence-electron chi connectivity index (χ4n) is 2.65. The quantitative estimate of drug-likeness (QED) is 0.331. The minimum atomic E-state index is -4.90. The molecule has 0 spiro atoms. The van der Waals surface area contributed by atoms with Crippen LogP contribution in [0.15, 0.2) is 53.0 Å². The largest absolute Gasteiger partial charge is 0.573 e. The number of amides is 1. The molecule has 0 saturated heterocycles. The zero-order valence-corrected chi connectivity index (χ0v) is 17.2. The van der Waals surface area contributed by atoms with E-state index in [1.807, 2.05) is 12.2 Å². The van der Waals surface area contributed by atoms with Gasteiger partial charge in [-0.1, -0.05) is 30.4 Å². The number of hydroxylamine groups is 1. The van der Waals surface area contributed by atoms with Crippen LogP contribution in [0.4, 0.5) is 13.2 Å². The van der Waals surface area contributed by atoms with Crippen LogP contribution in [-0.4, -0.2) is 48.2 Å². The molecule has 2 rings (SSSR count). The maximum atomic E-state index is 13.0. The van der Waals surface area contributed by atoms with Crippen LogP contribution in [0.3, 0.4) is 0 Å². The lowest BCUT2D eigenvalue weighted by Crippen LogP contribution is -2.36. The van der Waals surface area contributed by atoms with Crippen molar-refractivity contribution >= 4 is 33.0 Å². The maximum Gasteiger partial charge on any atom is 0.573 e. The van der Waals surface area contributed by atoms with Crippen LogP contribution in [0, 0.1) is 0 Å². The Kier molecular flexibility index (Phi) is 8.12. The first-order chi connectivity index (χ1) is 14.0. The Morgan fingerprint density at radius 1 is 1.23 bits per heavy atom. The number of sulfonamides is 1. The van der Waals surface area contributed by atoms with Gasteiger partial charge < -0.3 is 4.74 Å². The summed E-state index contributed by atoms with van der Waals surface area (Å²) in [6, 6.07) is 3.76. The third-order valence-electron chi connectivity index (χ3n) is 4.13. The van der Waals surface area contributed by atoms with E-state index in [9.17, 15) is 26.4 Å². The summed E-state index contributed by atoms with van der Waals surface area (Å²) in [5.41, 5.74) is 2.21. The molecule has 164 valence electrons. The van der Waals surface area contributed by atoms with Crippen LogP contribution >= 0.6 is 12.2 Å². The fraction of sp³-hybridized carbons (Fsp3) is 0.333. The number of hydrogen-bond acceptors (Lipinski definition) is 6. The number of halogens is 3. The summed E-state index contributed by atoms with van der Waals surface area (Å²) in [5.74, 6) is -1.34. The Morgan fingerprint density at radius 2 is 1.90 bits per heavy atom. The summed E-state index contributed by atoms with van der Waals surface area (Å²) >= 11 is 5.26. The van der Waals surface area contributed by atoms with Crippen molar-refractivity contribution in [2.45, 2.75) is 30.5 Å². The predicted molar refractivity (Wildman–Crippen MR) is 105 cm³/mol. The second kappa shape index (κ2) is 10.2. The highest BCUT2D eigenvalue weighted by molar-refractivity contribution is 7.89. The van der Waals surface area contributed by atoms with E-state index in [0.29, 0.717) is 17.7 Å². The summed E-state index contributed by atoms with van der Waals surface area (Å²) in [5, 5.41) is 8.65. The molecule has 1 aliphatic carbocycles. The lowest BCUT2D eigenvalue weighted by atomic mass is 10.0. The van der Waals surface area contributed by atoms with E-state index in [-0.39, 0.29) is 24.4 Å². The average molecular weight is 464 g/mol. The molecule has 0 fully saturated rings. The molecule has 30 heavy (non-hydrogen) atoms. The van der Waals surface area contributed by atoms with E-state index < -0.39 is 28.0 Å². The Bertz CT molecular complexity index is 942. The number of carbonyl (C=O) groups excluding carboxylic acids is 1. The van der Waals surface area contributed by atoms with Crippen molar-refractivity contribution in [3.05, 3.63) is 48.1 Å². The van der Waals surface area contributed by atoms with Crippen molar-refractivity contribution in [1.29, 1.82) is 0 Å². The molecule has 1 aromatic carbocycles. The van der Waals surface area contributed by atoms with Gasteiger partial charge in [0.2, 0.25) is 15.9 Å². The highest BCUT2D eigenvalue weighted by Crippen LogP contribution is 2.26. The van der Waals surface area contributed by atoms with Crippen LogP contribution in [-0.2, 0) is 14.8 Å². The molecule has 0 atom stereocenters. The third kappa shape index (κ3) is 6.90. The topological polar surface area (TPSA) is 95.9 Å².